The molecule has 1 aliphatic rings. The van der Waals surface area contributed by atoms with Crippen LogP contribution in [0.3, 0.4) is 0 Å². The molecule has 3 aromatic carbocycles. The fourth-order valence-electron chi connectivity index (χ4n) is 4.43. The van der Waals surface area contributed by atoms with Gasteiger partial charge in [0.15, 0.2) is 5.82 Å². The summed E-state index contributed by atoms with van der Waals surface area (Å²) in [6, 6.07) is 18.7. The first-order valence-electron chi connectivity index (χ1n) is 11.6. The maximum atomic E-state index is 12.4. The monoisotopic (exact) mass is 534 g/mol. The van der Waals surface area contributed by atoms with Crippen LogP contribution in [0, 0.1) is 0 Å². The van der Waals surface area contributed by atoms with Crippen LogP contribution in [0.1, 0.15) is 19.8 Å². The summed E-state index contributed by atoms with van der Waals surface area (Å²) >= 11 is 3.40. The van der Waals surface area contributed by atoms with Gasteiger partial charge in [-0.05, 0) is 73.4 Å². The zero-order chi connectivity index (χ0) is 24.4. The predicted molar refractivity (Wildman–Crippen MR) is 144 cm³/mol. The number of ether oxygens (including phenoxy) is 1. The van der Waals surface area contributed by atoms with E-state index >= 15 is 0 Å². The van der Waals surface area contributed by atoms with Crippen LogP contribution in [-0.2, 0) is 0 Å². The highest BCUT2D eigenvalue weighted by atomic mass is 79.9. The lowest BCUT2D eigenvalue weighted by Gasteiger charge is -2.25. The molecule has 35 heavy (non-hydrogen) atoms. The van der Waals surface area contributed by atoms with Crippen LogP contribution < -0.4 is 21.1 Å². The van der Waals surface area contributed by atoms with Gasteiger partial charge in [-0.15, -0.1) is 0 Å². The van der Waals surface area contributed by atoms with Gasteiger partial charge < -0.3 is 21.1 Å². The van der Waals surface area contributed by atoms with Crippen molar-refractivity contribution < 1.29 is 9.53 Å². The molecule has 0 bridgehead atoms. The first-order valence-corrected chi connectivity index (χ1v) is 12.4. The summed E-state index contributed by atoms with van der Waals surface area (Å²) < 4.78 is 7.17. The number of nitrogen functional groups attached to an aromatic ring is 1. The molecule has 9 heteroatoms. The Morgan fingerprint density at radius 1 is 1.09 bits per heavy atom. The first kappa shape index (κ1) is 23.2. The van der Waals surface area contributed by atoms with Crippen LogP contribution in [0.15, 0.2) is 65.1 Å². The number of benzene rings is 3. The van der Waals surface area contributed by atoms with E-state index in [4.69, 9.17) is 10.5 Å². The van der Waals surface area contributed by atoms with Crippen LogP contribution in [0.5, 0.6) is 5.75 Å². The van der Waals surface area contributed by atoms with Crippen molar-refractivity contribution >= 4 is 50.1 Å². The van der Waals surface area contributed by atoms with Crippen LogP contribution in [0.4, 0.5) is 22.0 Å². The number of anilines is 3. The zero-order valence-electron chi connectivity index (χ0n) is 19.3. The highest BCUT2D eigenvalue weighted by Gasteiger charge is 2.21. The molecule has 0 aliphatic carbocycles. The molecule has 1 aliphatic heterocycles. The fourth-order valence-corrected chi connectivity index (χ4v) is 4.83. The third kappa shape index (κ3) is 5.11. The summed E-state index contributed by atoms with van der Waals surface area (Å²) in [4.78, 5) is 14.7. The number of H-pyrrole nitrogens is 1. The molecule has 1 aromatic heterocycles. The van der Waals surface area contributed by atoms with Crippen molar-refractivity contribution in [1.29, 1.82) is 0 Å². The van der Waals surface area contributed by atoms with E-state index in [2.05, 4.69) is 48.6 Å². The molecule has 0 saturated carbocycles. The number of urea groups is 1. The van der Waals surface area contributed by atoms with E-state index in [0.29, 0.717) is 17.2 Å². The number of rotatable bonds is 6. The van der Waals surface area contributed by atoms with Crippen LogP contribution >= 0.6 is 15.9 Å². The molecule has 5 N–H and O–H groups in total. The van der Waals surface area contributed by atoms with E-state index in [1.807, 2.05) is 60.7 Å². The smallest absolute Gasteiger partial charge is 0.323 e. The Bertz CT molecular complexity index is 1350. The number of carbonyl (C=O) groups excluding carboxylic acids is 1. The molecule has 4 aromatic rings. The number of aromatic nitrogens is 2. The molecule has 1 fully saturated rings. The van der Waals surface area contributed by atoms with Gasteiger partial charge in [0.1, 0.15) is 17.5 Å². The molecule has 1 saturated heterocycles. The maximum Gasteiger partial charge on any atom is 0.323 e. The van der Waals surface area contributed by atoms with Crippen LogP contribution in [0.2, 0.25) is 0 Å². The Morgan fingerprint density at radius 2 is 1.83 bits per heavy atom. The number of amides is 2. The van der Waals surface area contributed by atoms with Gasteiger partial charge >= 0.3 is 6.03 Å². The second kappa shape index (κ2) is 9.97. The molecule has 8 nitrogen and oxygen atoms in total. The second-order valence-electron chi connectivity index (χ2n) is 8.60. The summed E-state index contributed by atoms with van der Waals surface area (Å²) in [7, 11) is 0. The van der Waals surface area contributed by atoms with Crippen molar-refractivity contribution in [2.24, 2.45) is 0 Å². The number of nitrogens with two attached hydrogens (primary N) is 1. The quantitative estimate of drug-likeness (QED) is 0.241. The van der Waals surface area contributed by atoms with E-state index < -0.39 is 0 Å². The number of fused-ring (bicyclic) bond motifs is 1. The average Bonchev–Trinajstić information content (AvgIpc) is 3.51. The lowest BCUT2D eigenvalue weighted by atomic mass is 10.0. The number of hydrogen-bond donors (Lipinski definition) is 4. The van der Waals surface area contributed by atoms with Crippen LogP contribution in [-0.4, -0.2) is 40.4 Å². The Labute approximate surface area is 212 Å². The molecule has 1 unspecified atom stereocenters. The highest BCUT2D eigenvalue weighted by molar-refractivity contribution is 9.10. The topological polar surface area (TPSA) is 108 Å². The minimum atomic E-state index is -0.314. The molecule has 1 atom stereocenters. The minimum absolute atomic E-state index is 0.0235. The zero-order valence-corrected chi connectivity index (χ0v) is 20.9. The van der Waals surface area contributed by atoms with E-state index in [9.17, 15) is 4.79 Å². The summed E-state index contributed by atoms with van der Waals surface area (Å²) in [6.07, 6.45) is 2.38. The van der Waals surface area contributed by atoms with Gasteiger partial charge in [0.05, 0.1) is 5.39 Å². The van der Waals surface area contributed by atoms with Gasteiger partial charge in [-0.1, -0.05) is 34.1 Å². The average molecular weight is 535 g/mol. The third-order valence-corrected chi connectivity index (χ3v) is 6.69. The van der Waals surface area contributed by atoms with Crippen molar-refractivity contribution in [3.8, 4) is 16.9 Å². The number of nitrogens with one attached hydrogen (secondary N) is 3. The van der Waals surface area contributed by atoms with Crippen LogP contribution in [0.25, 0.3) is 22.0 Å². The van der Waals surface area contributed by atoms with Gasteiger partial charge in [-0.25, -0.2) is 4.79 Å². The Morgan fingerprint density at radius 3 is 2.57 bits per heavy atom. The SMILES string of the molecule is CC(Oc1ccc(-c2ccc(NC(=O)Nc3cccc(Br)c3)cc2)c2c(N)n[nH]c12)N1CCCC1. The minimum Gasteiger partial charge on any atom is -0.473 e. The molecule has 0 radical (unpaired) electrons. The molecule has 5 rings (SSSR count). The predicted octanol–water partition coefficient (Wildman–Crippen LogP) is 6.04. The standard InChI is InChI=1S/C26H27BrN6O2/c1-16(33-13-2-3-14-33)35-22-12-11-21(23-24(22)31-32-25(23)28)17-7-9-19(10-8-17)29-26(34)30-20-6-4-5-18(27)15-20/h4-12,15-16H,2-3,13-14H2,1H3,(H3,28,31,32)(H2,29,30,34). The van der Waals surface area contributed by atoms with E-state index in [1.54, 1.807) is 0 Å². The fraction of sp³-hybridized carbons (Fsp3) is 0.231. The summed E-state index contributed by atoms with van der Waals surface area (Å²) in [6.45, 7) is 4.17. The van der Waals surface area contributed by atoms with Crippen molar-refractivity contribution in [2.45, 2.75) is 26.0 Å². The maximum absolute atomic E-state index is 12.4. The van der Waals surface area contributed by atoms with Crippen molar-refractivity contribution in [3.63, 3.8) is 0 Å². The molecule has 180 valence electrons. The van der Waals surface area contributed by atoms with Crippen molar-refractivity contribution in [2.75, 3.05) is 29.5 Å². The Kier molecular flexibility index (Phi) is 6.61. The normalized spacial score (nSPS) is 14.7. The van der Waals surface area contributed by atoms with Gasteiger partial charge in [0, 0.05) is 28.9 Å². The molecule has 2 heterocycles. The number of likely N-dealkylation sites (tertiary alicyclic amines) is 1. The Balaban J connectivity index is 1.33. The Hall–Kier alpha value is -3.56. The van der Waals surface area contributed by atoms with Crippen molar-refractivity contribution in [3.05, 3.63) is 65.1 Å². The summed E-state index contributed by atoms with van der Waals surface area (Å²) in [5.41, 5.74) is 10.3. The molecular weight excluding hydrogens is 508 g/mol. The largest absolute Gasteiger partial charge is 0.473 e. The number of carbonyl (C=O) groups is 1. The first-order chi connectivity index (χ1) is 17.0. The van der Waals surface area contributed by atoms with E-state index in [-0.39, 0.29) is 12.3 Å². The number of hydrogen-bond acceptors (Lipinski definition) is 5. The summed E-state index contributed by atoms with van der Waals surface area (Å²) in [5, 5.41) is 13.8. The third-order valence-electron chi connectivity index (χ3n) is 6.20. The van der Waals surface area contributed by atoms with Gasteiger partial charge in [0.25, 0.3) is 0 Å². The highest BCUT2D eigenvalue weighted by Crippen LogP contribution is 2.37. The van der Waals surface area contributed by atoms with E-state index in [1.165, 1.54) is 12.8 Å². The summed E-state index contributed by atoms with van der Waals surface area (Å²) in [5.74, 6) is 1.15. The van der Waals surface area contributed by atoms with Crippen molar-refractivity contribution in [1.82, 2.24) is 15.1 Å². The van der Waals surface area contributed by atoms with E-state index in [0.717, 1.165) is 45.3 Å². The lowest BCUT2D eigenvalue weighted by Crippen LogP contribution is -2.34. The number of aromatic amines is 1. The molecule has 2 amide bonds. The van der Waals surface area contributed by atoms with Gasteiger partial charge in [-0.2, -0.15) is 5.10 Å². The molecule has 0 spiro atoms. The second-order valence-corrected chi connectivity index (χ2v) is 9.51. The number of halogens is 1. The molecular formula is C26H27BrN6O2. The van der Waals surface area contributed by atoms with Gasteiger partial charge in [0.2, 0.25) is 0 Å². The number of nitrogens with zero attached hydrogens (tertiary/aromatic N) is 2. The lowest BCUT2D eigenvalue weighted by molar-refractivity contribution is 0.0604. The van der Waals surface area contributed by atoms with Gasteiger partial charge in [-0.3, -0.25) is 10.00 Å².